The van der Waals surface area contributed by atoms with Crippen LogP contribution in [-0.4, -0.2) is 17.2 Å². The Morgan fingerprint density at radius 3 is 2.80 bits per heavy atom. The molecule has 3 aromatic rings. The van der Waals surface area contributed by atoms with Crippen LogP contribution in [0, 0.1) is 0 Å². The van der Waals surface area contributed by atoms with E-state index < -0.39 is 12.1 Å². The van der Waals surface area contributed by atoms with Gasteiger partial charge in [-0.1, -0.05) is 28.4 Å². The topological polar surface area (TPSA) is 74.7 Å². The Morgan fingerprint density at radius 2 is 2.08 bits per heavy atom. The molecule has 8 heteroatoms. The van der Waals surface area contributed by atoms with E-state index in [4.69, 9.17) is 41.6 Å². The summed E-state index contributed by atoms with van der Waals surface area (Å²) in [5.74, 6) is 0.776. The van der Waals surface area contributed by atoms with Crippen LogP contribution in [-0.2, 0) is 16.1 Å². The second-order valence-electron chi connectivity index (χ2n) is 5.10. The van der Waals surface area contributed by atoms with Crippen molar-refractivity contribution >= 4 is 29.2 Å². The zero-order valence-electron chi connectivity index (χ0n) is 13.1. The van der Waals surface area contributed by atoms with Crippen molar-refractivity contribution in [2.75, 3.05) is 0 Å². The van der Waals surface area contributed by atoms with Gasteiger partial charge in [0.25, 0.3) is 0 Å². The van der Waals surface area contributed by atoms with E-state index in [0.29, 0.717) is 33.0 Å². The van der Waals surface area contributed by atoms with Gasteiger partial charge in [-0.25, -0.2) is 4.79 Å². The van der Waals surface area contributed by atoms with Crippen LogP contribution < -0.4 is 4.74 Å². The SMILES string of the molecule is C[C@@H](Oc1ccc(Cl)cc1Cl)C(=O)OCc1cc(-c2ccco2)on1. The number of nitrogens with zero attached hydrogens (tertiary/aromatic N) is 1. The molecular formula is C17H13Cl2NO5. The van der Waals surface area contributed by atoms with Gasteiger partial charge in [0.1, 0.15) is 18.1 Å². The molecular weight excluding hydrogens is 369 g/mol. The van der Waals surface area contributed by atoms with Crippen LogP contribution in [0.1, 0.15) is 12.6 Å². The standard InChI is InChI=1S/C17H13Cl2NO5/c1-10(24-14-5-4-11(18)7-13(14)19)17(21)23-9-12-8-16(25-20-12)15-3-2-6-22-15/h2-8,10H,9H2,1H3/t10-/m1/s1. The van der Waals surface area contributed by atoms with Crippen LogP contribution in [0.2, 0.25) is 10.0 Å². The summed E-state index contributed by atoms with van der Waals surface area (Å²) in [5, 5.41) is 4.61. The van der Waals surface area contributed by atoms with Gasteiger partial charge in [-0.3, -0.25) is 0 Å². The summed E-state index contributed by atoms with van der Waals surface area (Å²) < 4.78 is 21.0. The second kappa shape index (κ2) is 7.63. The highest BCUT2D eigenvalue weighted by Gasteiger charge is 2.19. The first-order valence-electron chi connectivity index (χ1n) is 7.31. The third kappa shape index (κ3) is 4.35. The molecule has 3 rings (SSSR count). The summed E-state index contributed by atoms with van der Waals surface area (Å²) in [5.41, 5.74) is 0.455. The van der Waals surface area contributed by atoms with Crippen LogP contribution in [0.3, 0.4) is 0 Å². The zero-order chi connectivity index (χ0) is 17.8. The summed E-state index contributed by atoms with van der Waals surface area (Å²) in [4.78, 5) is 12.0. The molecule has 2 aromatic heterocycles. The number of aromatic nitrogens is 1. The smallest absolute Gasteiger partial charge is 0.347 e. The first-order valence-corrected chi connectivity index (χ1v) is 8.06. The van der Waals surface area contributed by atoms with E-state index in [9.17, 15) is 4.79 Å². The lowest BCUT2D eigenvalue weighted by atomic mass is 10.3. The van der Waals surface area contributed by atoms with Crippen molar-refractivity contribution < 1.29 is 23.2 Å². The molecule has 0 spiro atoms. The largest absolute Gasteiger partial charge is 0.477 e. The molecule has 2 heterocycles. The minimum absolute atomic E-state index is 0.0505. The maximum Gasteiger partial charge on any atom is 0.347 e. The fraction of sp³-hybridized carbons (Fsp3) is 0.176. The van der Waals surface area contributed by atoms with E-state index >= 15 is 0 Å². The molecule has 0 bridgehead atoms. The Hall–Kier alpha value is -2.44. The van der Waals surface area contributed by atoms with Gasteiger partial charge in [-0.15, -0.1) is 0 Å². The Morgan fingerprint density at radius 1 is 1.24 bits per heavy atom. The minimum atomic E-state index is -0.852. The first kappa shape index (κ1) is 17.4. The van der Waals surface area contributed by atoms with Crippen molar-refractivity contribution in [1.29, 1.82) is 0 Å². The molecule has 0 aliphatic heterocycles. The molecule has 0 aliphatic rings. The van der Waals surface area contributed by atoms with Crippen molar-refractivity contribution in [3.63, 3.8) is 0 Å². The number of ether oxygens (including phenoxy) is 2. The summed E-state index contributed by atoms with van der Waals surface area (Å²) in [7, 11) is 0. The van der Waals surface area contributed by atoms with Crippen LogP contribution in [0.25, 0.3) is 11.5 Å². The lowest BCUT2D eigenvalue weighted by molar-refractivity contribution is -0.152. The molecule has 0 amide bonds. The van der Waals surface area contributed by atoms with Gasteiger partial charge in [0.15, 0.2) is 11.9 Å². The van der Waals surface area contributed by atoms with Gasteiger partial charge >= 0.3 is 5.97 Å². The van der Waals surface area contributed by atoms with Crippen molar-refractivity contribution in [3.8, 4) is 17.3 Å². The van der Waals surface area contributed by atoms with Gasteiger partial charge in [0, 0.05) is 11.1 Å². The molecule has 0 fully saturated rings. The molecule has 1 atom stereocenters. The van der Waals surface area contributed by atoms with E-state index in [2.05, 4.69) is 5.16 Å². The Bertz CT molecular complexity index is 860. The normalized spacial score (nSPS) is 12.0. The monoisotopic (exact) mass is 381 g/mol. The van der Waals surface area contributed by atoms with E-state index in [1.165, 1.54) is 12.3 Å². The molecule has 0 N–H and O–H groups in total. The van der Waals surface area contributed by atoms with E-state index in [0.717, 1.165) is 0 Å². The third-order valence-electron chi connectivity index (χ3n) is 3.21. The molecule has 0 unspecified atom stereocenters. The number of hydrogen-bond donors (Lipinski definition) is 0. The highest BCUT2D eigenvalue weighted by molar-refractivity contribution is 6.35. The fourth-order valence-corrected chi connectivity index (χ4v) is 2.44. The van der Waals surface area contributed by atoms with Gasteiger partial charge in [-0.2, -0.15) is 0 Å². The number of furan rings is 1. The lowest BCUT2D eigenvalue weighted by Gasteiger charge is -2.14. The molecule has 6 nitrogen and oxygen atoms in total. The quantitative estimate of drug-likeness (QED) is 0.573. The highest BCUT2D eigenvalue weighted by atomic mass is 35.5. The van der Waals surface area contributed by atoms with Gasteiger partial charge in [0.2, 0.25) is 5.76 Å². The summed E-state index contributed by atoms with van der Waals surface area (Å²) in [6, 6.07) is 9.84. The number of halogens is 2. The van der Waals surface area contributed by atoms with Crippen LogP contribution in [0.4, 0.5) is 0 Å². The number of benzene rings is 1. The highest BCUT2D eigenvalue weighted by Crippen LogP contribution is 2.28. The predicted molar refractivity (Wildman–Crippen MR) is 90.6 cm³/mol. The van der Waals surface area contributed by atoms with Crippen LogP contribution >= 0.6 is 23.2 Å². The lowest BCUT2D eigenvalue weighted by Crippen LogP contribution is -2.26. The van der Waals surface area contributed by atoms with Crippen molar-refractivity contribution in [1.82, 2.24) is 5.16 Å². The van der Waals surface area contributed by atoms with Gasteiger partial charge < -0.3 is 18.4 Å². The first-order chi connectivity index (χ1) is 12.0. The minimum Gasteiger partial charge on any atom is -0.477 e. The van der Waals surface area contributed by atoms with Crippen LogP contribution in [0.5, 0.6) is 5.75 Å². The average Bonchev–Trinajstić information content (AvgIpc) is 3.26. The Kier molecular flexibility index (Phi) is 5.31. The van der Waals surface area contributed by atoms with E-state index in [1.54, 1.807) is 37.3 Å². The summed E-state index contributed by atoms with van der Waals surface area (Å²) >= 11 is 11.8. The zero-order valence-corrected chi connectivity index (χ0v) is 14.6. The Balaban J connectivity index is 1.55. The average molecular weight is 382 g/mol. The summed E-state index contributed by atoms with van der Waals surface area (Å²) in [6.45, 7) is 1.51. The molecule has 0 saturated heterocycles. The predicted octanol–water partition coefficient (Wildman–Crippen LogP) is 4.75. The second-order valence-corrected chi connectivity index (χ2v) is 5.95. The molecule has 1 aromatic carbocycles. The Labute approximate surface area is 153 Å². The third-order valence-corrected chi connectivity index (χ3v) is 3.75. The van der Waals surface area contributed by atoms with Gasteiger partial charge in [0.05, 0.1) is 11.3 Å². The van der Waals surface area contributed by atoms with E-state index in [1.807, 2.05) is 0 Å². The van der Waals surface area contributed by atoms with Crippen molar-refractivity contribution in [3.05, 3.63) is 58.4 Å². The molecule has 130 valence electrons. The van der Waals surface area contributed by atoms with E-state index in [-0.39, 0.29) is 6.61 Å². The van der Waals surface area contributed by atoms with Gasteiger partial charge in [-0.05, 0) is 37.3 Å². The maximum absolute atomic E-state index is 12.0. The number of hydrogen-bond acceptors (Lipinski definition) is 6. The maximum atomic E-state index is 12.0. The number of esters is 1. The summed E-state index contributed by atoms with van der Waals surface area (Å²) in [6.07, 6.45) is 0.675. The van der Waals surface area contributed by atoms with Crippen LogP contribution in [0.15, 0.2) is 51.6 Å². The number of carbonyl (C=O) groups is 1. The molecule has 0 aliphatic carbocycles. The number of carbonyl (C=O) groups excluding carboxylic acids is 1. The molecule has 0 saturated carbocycles. The molecule has 25 heavy (non-hydrogen) atoms. The fourth-order valence-electron chi connectivity index (χ4n) is 1.99. The van der Waals surface area contributed by atoms with Crippen molar-refractivity contribution in [2.24, 2.45) is 0 Å². The molecule has 0 radical (unpaired) electrons. The number of rotatable bonds is 6. The van der Waals surface area contributed by atoms with Crippen molar-refractivity contribution in [2.45, 2.75) is 19.6 Å².